The first kappa shape index (κ1) is 17.6. The Morgan fingerprint density at radius 2 is 1.74 bits per heavy atom. The van der Waals surface area contributed by atoms with Crippen LogP contribution in [0.15, 0.2) is 72.8 Å². The average molecular weight is 380 g/mol. The fourth-order valence-corrected chi connectivity index (χ4v) is 3.65. The van der Waals surface area contributed by atoms with Gasteiger partial charge in [0.2, 0.25) is 0 Å². The van der Waals surface area contributed by atoms with Crippen molar-refractivity contribution in [1.82, 2.24) is 0 Å². The molecule has 3 aromatic carbocycles. The van der Waals surface area contributed by atoms with E-state index in [2.05, 4.69) is 0 Å². The molecule has 1 atom stereocenters. The fourth-order valence-electron chi connectivity index (χ4n) is 3.48. The summed E-state index contributed by atoms with van der Waals surface area (Å²) in [6.07, 6.45) is 0. The molecule has 0 saturated heterocycles. The zero-order chi connectivity index (χ0) is 19.0. The third-order valence-corrected chi connectivity index (χ3v) is 5.12. The maximum atomic E-state index is 13.3. The number of carbonyl (C=O) groups is 1. The van der Waals surface area contributed by atoms with Crippen molar-refractivity contribution < 1.29 is 14.6 Å². The van der Waals surface area contributed by atoms with Crippen molar-refractivity contribution in [2.75, 3.05) is 12.0 Å². The molecule has 1 amide bonds. The molecule has 1 heterocycles. The second-order valence-corrected chi connectivity index (χ2v) is 6.91. The number of ether oxygens (including phenoxy) is 1. The van der Waals surface area contributed by atoms with Crippen molar-refractivity contribution in [2.45, 2.75) is 12.1 Å². The Balaban J connectivity index is 1.79. The van der Waals surface area contributed by atoms with E-state index in [4.69, 9.17) is 16.3 Å². The lowest BCUT2D eigenvalue weighted by molar-refractivity contribution is -0.132. The summed E-state index contributed by atoms with van der Waals surface area (Å²) >= 11 is 6.17. The number of methoxy groups -OCH3 is 1. The van der Waals surface area contributed by atoms with Gasteiger partial charge in [-0.3, -0.25) is 4.79 Å². The molecule has 0 aromatic heterocycles. The topological polar surface area (TPSA) is 49.8 Å². The summed E-state index contributed by atoms with van der Waals surface area (Å²) in [5, 5.41) is 11.9. The van der Waals surface area contributed by atoms with Crippen LogP contribution < -0.4 is 9.64 Å². The van der Waals surface area contributed by atoms with Crippen molar-refractivity contribution in [2.24, 2.45) is 0 Å². The largest absolute Gasteiger partial charge is 0.497 e. The summed E-state index contributed by atoms with van der Waals surface area (Å²) in [6.45, 7) is 0.340. The molecule has 1 aliphatic heterocycles. The summed E-state index contributed by atoms with van der Waals surface area (Å²) in [5.74, 6) is 0.362. The number of amides is 1. The summed E-state index contributed by atoms with van der Waals surface area (Å²) in [6, 6.07) is 21.6. The van der Waals surface area contributed by atoms with Crippen LogP contribution in [0.4, 0.5) is 5.69 Å². The van der Waals surface area contributed by atoms with Crippen molar-refractivity contribution in [3.8, 4) is 5.75 Å². The van der Waals surface area contributed by atoms with Crippen molar-refractivity contribution in [1.29, 1.82) is 0 Å². The second kappa shape index (κ2) is 6.72. The molecular weight excluding hydrogens is 362 g/mol. The number of nitrogens with zero attached hydrogens (tertiary/aromatic N) is 1. The summed E-state index contributed by atoms with van der Waals surface area (Å²) in [5.41, 5.74) is 0.859. The number of benzene rings is 3. The normalized spacial score (nSPS) is 18.5. The number of rotatable bonds is 4. The second-order valence-electron chi connectivity index (χ2n) is 6.48. The molecule has 3 aromatic rings. The predicted octanol–water partition coefficient (Wildman–Crippen LogP) is 4.13. The van der Waals surface area contributed by atoms with E-state index in [1.807, 2.05) is 30.3 Å². The van der Waals surface area contributed by atoms with Crippen molar-refractivity contribution in [3.63, 3.8) is 0 Å². The third kappa shape index (κ3) is 2.87. The van der Waals surface area contributed by atoms with Gasteiger partial charge in [0, 0.05) is 10.6 Å². The maximum Gasteiger partial charge on any atom is 0.268 e. The third-order valence-electron chi connectivity index (χ3n) is 4.89. The zero-order valence-corrected chi connectivity index (χ0v) is 15.5. The van der Waals surface area contributed by atoms with Gasteiger partial charge in [0.1, 0.15) is 5.75 Å². The molecule has 0 aliphatic carbocycles. The monoisotopic (exact) mass is 379 g/mol. The smallest absolute Gasteiger partial charge is 0.268 e. The fraction of sp³-hybridized carbons (Fsp3) is 0.136. The van der Waals surface area contributed by atoms with Gasteiger partial charge in [0.25, 0.3) is 5.91 Å². The van der Waals surface area contributed by atoms with E-state index in [0.29, 0.717) is 28.4 Å². The highest BCUT2D eigenvalue weighted by Crippen LogP contribution is 2.46. The van der Waals surface area contributed by atoms with Crippen LogP contribution in [0.25, 0.3) is 0 Å². The van der Waals surface area contributed by atoms with Crippen LogP contribution in [0.3, 0.4) is 0 Å². The first-order chi connectivity index (χ1) is 13.0. The van der Waals surface area contributed by atoms with Crippen LogP contribution >= 0.6 is 11.6 Å². The molecular formula is C22H18ClNO3. The van der Waals surface area contributed by atoms with Crippen molar-refractivity contribution in [3.05, 3.63) is 94.5 Å². The number of anilines is 1. The highest BCUT2D eigenvalue weighted by atomic mass is 35.5. The van der Waals surface area contributed by atoms with Gasteiger partial charge in [-0.25, -0.2) is 0 Å². The average Bonchev–Trinajstić information content (AvgIpc) is 2.91. The molecule has 0 fully saturated rings. The Hall–Kier alpha value is -2.82. The molecule has 1 unspecified atom stereocenters. The SMILES string of the molecule is COc1ccc(CN2C(=O)C(O)(c3ccccc3)c3cc(Cl)ccc32)cc1. The summed E-state index contributed by atoms with van der Waals surface area (Å²) in [4.78, 5) is 14.9. The van der Waals surface area contributed by atoms with Gasteiger partial charge in [-0.15, -0.1) is 0 Å². The number of carbonyl (C=O) groups excluding carboxylic acids is 1. The Morgan fingerprint density at radius 1 is 1.04 bits per heavy atom. The van der Waals surface area contributed by atoms with E-state index < -0.39 is 5.60 Å². The van der Waals surface area contributed by atoms with Crippen LogP contribution in [-0.2, 0) is 16.9 Å². The molecule has 0 bridgehead atoms. The number of aliphatic hydroxyl groups is 1. The van der Waals surface area contributed by atoms with E-state index >= 15 is 0 Å². The van der Waals surface area contributed by atoms with Gasteiger partial charge in [-0.2, -0.15) is 0 Å². The summed E-state index contributed by atoms with van der Waals surface area (Å²) < 4.78 is 5.19. The van der Waals surface area contributed by atoms with Gasteiger partial charge in [0.05, 0.1) is 19.3 Å². The van der Waals surface area contributed by atoms with E-state index in [-0.39, 0.29) is 5.91 Å². The minimum atomic E-state index is -1.76. The van der Waals surface area contributed by atoms with Gasteiger partial charge >= 0.3 is 0 Å². The molecule has 136 valence electrons. The van der Waals surface area contributed by atoms with E-state index in [9.17, 15) is 9.90 Å². The Morgan fingerprint density at radius 3 is 2.41 bits per heavy atom. The number of hydrogen-bond donors (Lipinski definition) is 1. The maximum absolute atomic E-state index is 13.3. The Labute approximate surface area is 162 Å². The van der Waals surface area contributed by atoms with E-state index in [0.717, 1.165) is 11.3 Å². The number of halogens is 1. The lowest BCUT2D eigenvalue weighted by Gasteiger charge is -2.24. The Bertz CT molecular complexity index is 988. The minimum Gasteiger partial charge on any atom is -0.497 e. The lowest BCUT2D eigenvalue weighted by Crippen LogP contribution is -2.40. The quantitative estimate of drug-likeness (QED) is 0.741. The van der Waals surface area contributed by atoms with Crippen LogP contribution in [0.1, 0.15) is 16.7 Å². The molecule has 5 heteroatoms. The first-order valence-electron chi connectivity index (χ1n) is 8.57. The lowest BCUT2D eigenvalue weighted by atomic mass is 9.87. The zero-order valence-electron chi connectivity index (χ0n) is 14.7. The summed E-state index contributed by atoms with van der Waals surface area (Å²) in [7, 11) is 1.61. The first-order valence-corrected chi connectivity index (χ1v) is 8.94. The molecule has 1 N–H and O–H groups in total. The van der Waals surface area contributed by atoms with Crippen molar-refractivity contribution >= 4 is 23.2 Å². The molecule has 0 saturated carbocycles. The van der Waals surface area contributed by atoms with Gasteiger partial charge in [0.15, 0.2) is 5.60 Å². The highest BCUT2D eigenvalue weighted by Gasteiger charge is 2.51. The standard InChI is InChI=1S/C22H18ClNO3/c1-27-18-10-7-15(8-11-18)14-24-20-12-9-17(23)13-19(20)22(26,21(24)25)16-5-3-2-4-6-16/h2-13,26H,14H2,1H3. The minimum absolute atomic E-state index is 0.340. The van der Waals surface area contributed by atoms with Gasteiger partial charge in [-0.1, -0.05) is 54.1 Å². The molecule has 4 rings (SSSR count). The molecule has 0 spiro atoms. The highest BCUT2D eigenvalue weighted by molar-refractivity contribution is 6.31. The van der Waals surface area contributed by atoms with Crippen LogP contribution in [0.5, 0.6) is 5.75 Å². The Kier molecular flexibility index (Phi) is 4.38. The van der Waals surface area contributed by atoms with Crippen LogP contribution in [0.2, 0.25) is 5.02 Å². The number of hydrogen-bond acceptors (Lipinski definition) is 3. The van der Waals surface area contributed by atoms with Gasteiger partial charge < -0.3 is 14.7 Å². The van der Waals surface area contributed by atoms with Gasteiger partial charge in [-0.05, 0) is 41.5 Å². The van der Waals surface area contributed by atoms with E-state index in [1.165, 1.54) is 0 Å². The van der Waals surface area contributed by atoms with E-state index in [1.54, 1.807) is 54.5 Å². The van der Waals surface area contributed by atoms with Crippen LogP contribution in [-0.4, -0.2) is 18.1 Å². The molecule has 0 radical (unpaired) electrons. The molecule has 4 nitrogen and oxygen atoms in total. The number of fused-ring (bicyclic) bond motifs is 1. The molecule has 27 heavy (non-hydrogen) atoms. The molecule has 1 aliphatic rings. The van der Waals surface area contributed by atoms with Crippen LogP contribution in [0, 0.1) is 0 Å². The predicted molar refractivity (Wildman–Crippen MR) is 105 cm³/mol.